The number of amides is 1. The minimum Gasteiger partial charge on any atom is -0.355 e. The Hall–Kier alpha value is -3.41. The van der Waals surface area contributed by atoms with Crippen molar-refractivity contribution in [3.8, 4) is 0 Å². The first-order valence-corrected chi connectivity index (χ1v) is 9.65. The van der Waals surface area contributed by atoms with Gasteiger partial charge < -0.3 is 10.3 Å². The van der Waals surface area contributed by atoms with E-state index < -0.39 is 5.91 Å². The number of hydroxylamine groups is 1. The molecule has 1 amide bonds. The molecule has 4 aromatic rings. The molecule has 0 spiro atoms. The van der Waals surface area contributed by atoms with Crippen LogP contribution >= 0.6 is 0 Å². The second kappa shape index (κ2) is 8.73. The molecule has 0 saturated carbocycles. The molecule has 0 unspecified atom stereocenters. The number of aromatic nitrogens is 1. The monoisotopic (exact) mass is 385 g/mol. The molecule has 0 saturated heterocycles. The maximum Gasteiger partial charge on any atom is 0.267 e. The molecule has 0 bridgehead atoms. The Morgan fingerprint density at radius 1 is 0.966 bits per heavy atom. The van der Waals surface area contributed by atoms with E-state index in [0.717, 1.165) is 25.1 Å². The van der Waals surface area contributed by atoms with Crippen LogP contribution in [0.3, 0.4) is 0 Å². The molecule has 5 nitrogen and oxygen atoms in total. The molecule has 0 aliphatic rings. The first-order valence-electron chi connectivity index (χ1n) is 9.65. The van der Waals surface area contributed by atoms with Crippen molar-refractivity contribution in [1.29, 1.82) is 0 Å². The standard InChI is InChI=1S/C24H23N3O2/c28-23(27-29)13-12-17-8-10-18(11-9-17)16-25-15-14-19-4-3-7-22-24(19)20-5-1-2-6-21(20)26-22/h1-13,25-26,29H,14-16H2,(H,27,28)/b13-12+. The lowest BCUT2D eigenvalue weighted by atomic mass is 10.0. The zero-order chi connectivity index (χ0) is 20.1. The molecular formula is C24H23N3O2. The van der Waals surface area contributed by atoms with Crippen LogP contribution in [-0.4, -0.2) is 22.6 Å². The lowest BCUT2D eigenvalue weighted by Crippen LogP contribution is -2.16. The molecule has 29 heavy (non-hydrogen) atoms. The summed E-state index contributed by atoms with van der Waals surface area (Å²) in [6.45, 7) is 1.67. The van der Waals surface area contributed by atoms with Crippen LogP contribution in [0.5, 0.6) is 0 Å². The van der Waals surface area contributed by atoms with Gasteiger partial charge in [0.1, 0.15) is 0 Å². The lowest BCUT2D eigenvalue weighted by Gasteiger charge is -2.07. The Morgan fingerprint density at radius 3 is 2.59 bits per heavy atom. The Bertz CT molecular complexity index is 1160. The highest BCUT2D eigenvalue weighted by atomic mass is 16.5. The van der Waals surface area contributed by atoms with Gasteiger partial charge in [-0.2, -0.15) is 0 Å². The van der Waals surface area contributed by atoms with Gasteiger partial charge in [0.15, 0.2) is 0 Å². The third-order valence-corrected chi connectivity index (χ3v) is 5.03. The molecule has 0 aliphatic heterocycles. The number of fused-ring (bicyclic) bond motifs is 3. The fraction of sp³-hybridized carbons (Fsp3) is 0.125. The van der Waals surface area contributed by atoms with Gasteiger partial charge in [-0.05, 0) is 47.9 Å². The van der Waals surface area contributed by atoms with Gasteiger partial charge in [-0.1, -0.05) is 54.6 Å². The van der Waals surface area contributed by atoms with E-state index in [0.29, 0.717) is 0 Å². The predicted octanol–water partition coefficient (Wildman–Crippen LogP) is 4.17. The van der Waals surface area contributed by atoms with E-state index in [4.69, 9.17) is 5.21 Å². The van der Waals surface area contributed by atoms with Crippen LogP contribution in [0.15, 0.2) is 72.8 Å². The lowest BCUT2D eigenvalue weighted by molar-refractivity contribution is -0.124. The van der Waals surface area contributed by atoms with Gasteiger partial charge in [0.2, 0.25) is 0 Å². The van der Waals surface area contributed by atoms with E-state index in [1.54, 1.807) is 11.6 Å². The molecule has 0 aliphatic carbocycles. The van der Waals surface area contributed by atoms with Crippen LogP contribution in [0, 0.1) is 0 Å². The van der Waals surface area contributed by atoms with Gasteiger partial charge in [0.25, 0.3) is 5.91 Å². The van der Waals surface area contributed by atoms with Crippen molar-refractivity contribution in [1.82, 2.24) is 15.8 Å². The summed E-state index contributed by atoms with van der Waals surface area (Å²) in [4.78, 5) is 14.5. The summed E-state index contributed by atoms with van der Waals surface area (Å²) >= 11 is 0. The van der Waals surface area contributed by atoms with Gasteiger partial charge in [0, 0.05) is 34.4 Å². The van der Waals surface area contributed by atoms with Crippen molar-refractivity contribution >= 4 is 33.8 Å². The van der Waals surface area contributed by atoms with Crippen molar-refractivity contribution in [3.63, 3.8) is 0 Å². The van der Waals surface area contributed by atoms with Crippen LogP contribution in [0.1, 0.15) is 16.7 Å². The summed E-state index contributed by atoms with van der Waals surface area (Å²) in [5.41, 5.74) is 7.36. The van der Waals surface area contributed by atoms with Gasteiger partial charge in [-0.25, -0.2) is 5.48 Å². The summed E-state index contributed by atoms with van der Waals surface area (Å²) in [6, 6.07) is 22.8. The smallest absolute Gasteiger partial charge is 0.267 e. The quantitative estimate of drug-likeness (QED) is 0.167. The first-order chi connectivity index (χ1) is 14.2. The third-order valence-electron chi connectivity index (χ3n) is 5.03. The number of rotatable bonds is 7. The van der Waals surface area contributed by atoms with Crippen molar-refractivity contribution in [2.45, 2.75) is 13.0 Å². The average Bonchev–Trinajstić information content (AvgIpc) is 3.15. The summed E-state index contributed by atoms with van der Waals surface area (Å²) < 4.78 is 0. The number of carbonyl (C=O) groups is 1. The Balaban J connectivity index is 1.36. The van der Waals surface area contributed by atoms with Crippen molar-refractivity contribution in [2.75, 3.05) is 6.54 Å². The molecule has 5 heteroatoms. The van der Waals surface area contributed by atoms with Crippen molar-refractivity contribution < 1.29 is 10.0 Å². The molecule has 4 rings (SSSR count). The van der Waals surface area contributed by atoms with Crippen LogP contribution < -0.4 is 10.8 Å². The van der Waals surface area contributed by atoms with E-state index in [1.165, 1.54) is 39.0 Å². The Labute approximate surface area is 169 Å². The molecular weight excluding hydrogens is 362 g/mol. The number of aromatic amines is 1. The summed E-state index contributed by atoms with van der Waals surface area (Å²) in [5, 5.41) is 14.6. The van der Waals surface area contributed by atoms with Gasteiger partial charge in [-0.15, -0.1) is 0 Å². The van der Waals surface area contributed by atoms with Gasteiger partial charge in [-0.3, -0.25) is 10.0 Å². The minimum atomic E-state index is -0.541. The largest absolute Gasteiger partial charge is 0.355 e. The summed E-state index contributed by atoms with van der Waals surface area (Å²) in [5.74, 6) is -0.541. The second-order valence-corrected chi connectivity index (χ2v) is 6.99. The SMILES string of the molecule is O=C(/C=C/c1ccc(CNCCc2cccc3[nH]c4ccccc4c23)cc1)NO. The Kier molecular flexibility index (Phi) is 5.70. The molecule has 0 atom stereocenters. The highest BCUT2D eigenvalue weighted by Crippen LogP contribution is 2.28. The van der Waals surface area contributed by atoms with Crippen LogP contribution in [0.25, 0.3) is 27.9 Å². The number of H-pyrrole nitrogens is 1. The van der Waals surface area contributed by atoms with Gasteiger partial charge in [0.05, 0.1) is 0 Å². The number of para-hydroxylation sites is 1. The zero-order valence-electron chi connectivity index (χ0n) is 16.0. The highest BCUT2D eigenvalue weighted by molar-refractivity contribution is 6.08. The number of hydrogen-bond donors (Lipinski definition) is 4. The van der Waals surface area contributed by atoms with E-state index >= 15 is 0 Å². The van der Waals surface area contributed by atoms with Crippen LogP contribution in [0.4, 0.5) is 0 Å². The first kappa shape index (κ1) is 18.9. The molecule has 4 N–H and O–H groups in total. The molecule has 146 valence electrons. The molecule has 1 aromatic heterocycles. The number of carbonyl (C=O) groups excluding carboxylic acids is 1. The van der Waals surface area contributed by atoms with E-state index in [1.807, 2.05) is 24.3 Å². The summed E-state index contributed by atoms with van der Waals surface area (Å²) in [7, 11) is 0. The zero-order valence-corrected chi connectivity index (χ0v) is 16.0. The van der Waals surface area contributed by atoms with E-state index in [-0.39, 0.29) is 0 Å². The molecule has 1 heterocycles. The molecule has 0 radical (unpaired) electrons. The number of nitrogens with one attached hydrogen (secondary N) is 3. The number of hydrogen-bond acceptors (Lipinski definition) is 3. The fourth-order valence-corrected chi connectivity index (χ4v) is 3.60. The maximum atomic E-state index is 11.0. The van der Waals surface area contributed by atoms with Crippen LogP contribution in [0.2, 0.25) is 0 Å². The molecule has 3 aromatic carbocycles. The second-order valence-electron chi connectivity index (χ2n) is 6.99. The topological polar surface area (TPSA) is 77.2 Å². The van der Waals surface area contributed by atoms with E-state index in [9.17, 15) is 4.79 Å². The average molecular weight is 385 g/mol. The summed E-state index contributed by atoms with van der Waals surface area (Å²) in [6.07, 6.45) is 3.90. The Morgan fingerprint density at radius 2 is 1.76 bits per heavy atom. The number of benzene rings is 3. The highest BCUT2D eigenvalue weighted by Gasteiger charge is 2.07. The third kappa shape index (κ3) is 4.37. The minimum absolute atomic E-state index is 0.541. The predicted molar refractivity (Wildman–Crippen MR) is 117 cm³/mol. The van der Waals surface area contributed by atoms with Gasteiger partial charge >= 0.3 is 0 Å². The fourth-order valence-electron chi connectivity index (χ4n) is 3.60. The van der Waals surface area contributed by atoms with Crippen molar-refractivity contribution in [3.05, 3.63) is 89.5 Å². The maximum absolute atomic E-state index is 11.0. The van der Waals surface area contributed by atoms with Crippen LogP contribution in [-0.2, 0) is 17.8 Å². The van der Waals surface area contributed by atoms with Crippen molar-refractivity contribution in [2.24, 2.45) is 0 Å². The van der Waals surface area contributed by atoms with E-state index in [2.05, 4.69) is 52.8 Å². The normalized spacial score (nSPS) is 11.5. The molecule has 0 fully saturated rings.